The number of nitriles is 1. The van der Waals surface area contributed by atoms with Crippen LogP contribution in [0.3, 0.4) is 0 Å². The summed E-state index contributed by atoms with van der Waals surface area (Å²) in [6.07, 6.45) is 0.925. The summed E-state index contributed by atoms with van der Waals surface area (Å²) in [5.74, 6) is 0.602. The SMILES string of the molecule is CCCN1C(=O)CS/C1=C(\C)C#N. The summed E-state index contributed by atoms with van der Waals surface area (Å²) in [6, 6.07) is 2.08. The monoisotopic (exact) mass is 196 g/mol. The number of nitrogens with zero attached hydrogens (tertiary/aromatic N) is 2. The minimum atomic E-state index is 0.122. The molecule has 0 N–H and O–H groups in total. The first-order valence-corrected chi connectivity index (χ1v) is 5.23. The number of thioether (sulfide) groups is 1. The molecule has 0 aliphatic carbocycles. The number of rotatable bonds is 2. The molecule has 13 heavy (non-hydrogen) atoms. The van der Waals surface area contributed by atoms with Crippen LogP contribution in [0.4, 0.5) is 0 Å². The molecular weight excluding hydrogens is 184 g/mol. The van der Waals surface area contributed by atoms with Crippen molar-refractivity contribution in [2.24, 2.45) is 0 Å². The number of allylic oxidation sites excluding steroid dienone is 1. The van der Waals surface area contributed by atoms with E-state index in [-0.39, 0.29) is 5.91 Å². The molecule has 0 saturated carbocycles. The molecule has 1 heterocycles. The predicted molar refractivity (Wildman–Crippen MR) is 52.8 cm³/mol. The quantitative estimate of drug-likeness (QED) is 0.632. The summed E-state index contributed by atoms with van der Waals surface area (Å²) in [4.78, 5) is 13.1. The first kappa shape index (κ1) is 10.1. The van der Waals surface area contributed by atoms with Gasteiger partial charge < -0.3 is 4.90 Å². The van der Waals surface area contributed by atoms with Gasteiger partial charge in [-0.15, -0.1) is 0 Å². The summed E-state index contributed by atoms with van der Waals surface area (Å²) in [7, 11) is 0. The Balaban J connectivity index is 2.89. The molecule has 0 atom stereocenters. The summed E-state index contributed by atoms with van der Waals surface area (Å²) in [5, 5.41) is 9.55. The highest BCUT2D eigenvalue weighted by Crippen LogP contribution is 2.31. The minimum absolute atomic E-state index is 0.122. The van der Waals surface area contributed by atoms with Gasteiger partial charge in [-0.1, -0.05) is 18.7 Å². The van der Waals surface area contributed by atoms with Gasteiger partial charge in [-0.25, -0.2) is 0 Å². The second kappa shape index (κ2) is 4.33. The summed E-state index contributed by atoms with van der Waals surface area (Å²) in [6.45, 7) is 4.50. The van der Waals surface area contributed by atoms with Crippen LogP contribution in [0, 0.1) is 11.3 Å². The third-order valence-electron chi connectivity index (χ3n) is 1.81. The number of carbonyl (C=O) groups excluding carboxylic acids is 1. The third-order valence-corrected chi connectivity index (χ3v) is 3.01. The first-order chi connectivity index (χ1) is 6.20. The molecule has 0 spiro atoms. The molecule has 0 aromatic rings. The van der Waals surface area contributed by atoms with Gasteiger partial charge in [-0.3, -0.25) is 4.79 Å². The lowest BCUT2D eigenvalue weighted by molar-refractivity contribution is -0.125. The van der Waals surface area contributed by atoms with Crippen LogP contribution < -0.4 is 0 Å². The molecule has 4 heteroatoms. The van der Waals surface area contributed by atoms with Gasteiger partial charge >= 0.3 is 0 Å². The molecule has 70 valence electrons. The Kier molecular flexibility index (Phi) is 3.38. The summed E-state index contributed by atoms with van der Waals surface area (Å²) in [5.41, 5.74) is 0.643. The van der Waals surface area contributed by atoms with Crippen LogP contribution >= 0.6 is 11.8 Å². The Morgan fingerprint density at radius 3 is 3.00 bits per heavy atom. The average molecular weight is 196 g/mol. The second-order valence-corrected chi connectivity index (χ2v) is 3.84. The Labute approximate surface area is 82.4 Å². The van der Waals surface area contributed by atoms with Gasteiger partial charge in [0.1, 0.15) is 0 Å². The van der Waals surface area contributed by atoms with Gasteiger partial charge in [-0.05, 0) is 13.3 Å². The number of hydrogen-bond donors (Lipinski definition) is 0. The van der Waals surface area contributed by atoms with Crippen LogP contribution in [0.15, 0.2) is 10.6 Å². The van der Waals surface area contributed by atoms with Gasteiger partial charge in [0.05, 0.1) is 22.4 Å². The van der Waals surface area contributed by atoms with Crippen molar-refractivity contribution < 1.29 is 4.79 Å². The molecule has 0 unspecified atom stereocenters. The lowest BCUT2D eigenvalue weighted by Crippen LogP contribution is -2.25. The van der Waals surface area contributed by atoms with Crippen molar-refractivity contribution in [3.8, 4) is 6.07 Å². The second-order valence-electron chi connectivity index (χ2n) is 2.88. The topological polar surface area (TPSA) is 44.1 Å². The number of amides is 1. The summed E-state index contributed by atoms with van der Waals surface area (Å²) < 4.78 is 0. The highest BCUT2D eigenvalue weighted by molar-refractivity contribution is 8.04. The Morgan fingerprint density at radius 1 is 1.77 bits per heavy atom. The maximum atomic E-state index is 11.4. The van der Waals surface area contributed by atoms with Crippen molar-refractivity contribution >= 4 is 17.7 Å². The van der Waals surface area contributed by atoms with Crippen LogP contribution in [0.5, 0.6) is 0 Å². The van der Waals surface area contributed by atoms with Crippen molar-refractivity contribution in [2.75, 3.05) is 12.3 Å². The largest absolute Gasteiger partial charge is 0.305 e. The van der Waals surface area contributed by atoms with Gasteiger partial charge in [0, 0.05) is 6.54 Å². The zero-order valence-corrected chi connectivity index (χ0v) is 8.65. The van der Waals surface area contributed by atoms with E-state index in [4.69, 9.17) is 5.26 Å². The molecule has 0 radical (unpaired) electrons. The minimum Gasteiger partial charge on any atom is -0.305 e. The van der Waals surface area contributed by atoms with E-state index in [2.05, 4.69) is 6.07 Å². The van der Waals surface area contributed by atoms with E-state index in [0.29, 0.717) is 11.3 Å². The van der Waals surface area contributed by atoms with Crippen LogP contribution in [0.2, 0.25) is 0 Å². The maximum Gasteiger partial charge on any atom is 0.237 e. The van der Waals surface area contributed by atoms with E-state index in [0.717, 1.165) is 18.0 Å². The van der Waals surface area contributed by atoms with E-state index < -0.39 is 0 Å². The van der Waals surface area contributed by atoms with Crippen LogP contribution in [-0.2, 0) is 4.79 Å². The zero-order chi connectivity index (χ0) is 9.84. The average Bonchev–Trinajstić information content (AvgIpc) is 2.48. The Hall–Kier alpha value is -0.950. The molecule has 1 saturated heterocycles. The fraction of sp³-hybridized carbons (Fsp3) is 0.556. The molecule has 1 aliphatic rings. The van der Waals surface area contributed by atoms with Crippen molar-refractivity contribution in [3.63, 3.8) is 0 Å². The Morgan fingerprint density at radius 2 is 2.46 bits per heavy atom. The van der Waals surface area contributed by atoms with E-state index in [1.807, 2.05) is 6.92 Å². The number of hydrogen-bond acceptors (Lipinski definition) is 3. The van der Waals surface area contributed by atoms with E-state index in [1.54, 1.807) is 11.8 Å². The van der Waals surface area contributed by atoms with E-state index >= 15 is 0 Å². The highest BCUT2D eigenvalue weighted by atomic mass is 32.2. The van der Waals surface area contributed by atoms with Crippen molar-refractivity contribution in [1.82, 2.24) is 4.90 Å². The summed E-state index contributed by atoms with van der Waals surface area (Å²) >= 11 is 1.46. The molecule has 3 nitrogen and oxygen atoms in total. The number of carbonyl (C=O) groups is 1. The first-order valence-electron chi connectivity index (χ1n) is 4.24. The predicted octanol–water partition coefficient (Wildman–Crippen LogP) is 1.73. The molecule has 0 aromatic heterocycles. The highest BCUT2D eigenvalue weighted by Gasteiger charge is 2.27. The van der Waals surface area contributed by atoms with E-state index in [9.17, 15) is 4.79 Å². The van der Waals surface area contributed by atoms with Crippen LogP contribution in [0.1, 0.15) is 20.3 Å². The van der Waals surface area contributed by atoms with Gasteiger partial charge in [-0.2, -0.15) is 5.26 Å². The zero-order valence-electron chi connectivity index (χ0n) is 7.83. The standard InChI is InChI=1S/C9H12N2OS/c1-3-4-11-8(12)6-13-9(11)7(2)5-10/h3-4,6H2,1-2H3/b9-7+. The van der Waals surface area contributed by atoms with Crippen molar-refractivity contribution in [2.45, 2.75) is 20.3 Å². The van der Waals surface area contributed by atoms with Gasteiger partial charge in [0.15, 0.2) is 0 Å². The van der Waals surface area contributed by atoms with Crippen LogP contribution in [0.25, 0.3) is 0 Å². The fourth-order valence-corrected chi connectivity index (χ4v) is 2.23. The fourth-order valence-electron chi connectivity index (χ4n) is 1.21. The molecule has 1 rings (SSSR count). The maximum absolute atomic E-state index is 11.4. The molecule has 1 amide bonds. The smallest absolute Gasteiger partial charge is 0.237 e. The lowest BCUT2D eigenvalue weighted by atomic mass is 10.3. The molecule has 1 fully saturated rings. The Bertz CT molecular complexity index is 290. The van der Waals surface area contributed by atoms with Crippen LogP contribution in [-0.4, -0.2) is 23.1 Å². The van der Waals surface area contributed by atoms with E-state index in [1.165, 1.54) is 11.8 Å². The van der Waals surface area contributed by atoms with Crippen molar-refractivity contribution in [3.05, 3.63) is 10.6 Å². The molecule has 1 aliphatic heterocycles. The van der Waals surface area contributed by atoms with Gasteiger partial charge in [0.2, 0.25) is 5.91 Å². The van der Waals surface area contributed by atoms with Crippen molar-refractivity contribution in [1.29, 1.82) is 5.26 Å². The molecule has 0 bridgehead atoms. The lowest BCUT2D eigenvalue weighted by Gasteiger charge is -2.15. The van der Waals surface area contributed by atoms with Gasteiger partial charge in [0.25, 0.3) is 0 Å². The normalized spacial score (nSPS) is 20.4. The molecule has 0 aromatic carbocycles. The molecular formula is C9H12N2OS. The third kappa shape index (κ3) is 2.04.